The van der Waals surface area contributed by atoms with Gasteiger partial charge in [-0.2, -0.15) is 0 Å². The average molecular weight is 252 g/mol. The summed E-state index contributed by atoms with van der Waals surface area (Å²) >= 11 is 0. The van der Waals surface area contributed by atoms with Gasteiger partial charge in [0, 0.05) is 6.04 Å². The van der Waals surface area contributed by atoms with E-state index >= 15 is 0 Å². The van der Waals surface area contributed by atoms with Crippen LogP contribution in [0.5, 0.6) is 0 Å². The minimum Gasteiger partial charge on any atom is -0.481 e. The molecule has 1 aromatic heterocycles. The smallest absolute Gasteiger partial charge is 0.306 e. The van der Waals surface area contributed by atoms with Crippen molar-refractivity contribution in [3.63, 3.8) is 0 Å². The van der Waals surface area contributed by atoms with Crippen molar-refractivity contribution in [3.05, 3.63) is 29.8 Å². The van der Waals surface area contributed by atoms with Gasteiger partial charge < -0.3 is 10.4 Å². The quantitative estimate of drug-likeness (QED) is 0.847. The number of nitrogens with one attached hydrogen (secondary N) is 1. The van der Waals surface area contributed by atoms with E-state index in [1.807, 2.05) is 0 Å². The summed E-state index contributed by atoms with van der Waals surface area (Å²) in [6.07, 6.45) is 2.62. The second-order valence-corrected chi connectivity index (χ2v) is 4.38. The Morgan fingerprint density at radius 1 is 1.39 bits per heavy atom. The number of carboxylic acid groups (broad SMARTS) is 1. The number of carbonyl (C=O) groups is 2. The van der Waals surface area contributed by atoms with Gasteiger partial charge in [0.2, 0.25) is 0 Å². The fourth-order valence-electron chi connectivity index (χ4n) is 2.11. The Balaban J connectivity index is 1.92. The van der Waals surface area contributed by atoms with Crippen LogP contribution in [0.4, 0.5) is 4.39 Å². The summed E-state index contributed by atoms with van der Waals surface area (Å²) in [5.41, 5.74) is 0.134. The number of pyridine rings is 1. The van der Waals surface area contributed by atoms with Crippen molar-refractivity contribution in [2.75, 3.05) is 0 Å². The van der Waals surface area contributed by atoms with Gasteiger partial charge in [0.15, 0.2) is 0 Å². The molecule has 0 bridgehead atoms. The molecule has 0 spiro atoms. The van der Waals surface area contributed by atoms with Crippen LogP contribution in [-0.2, 0) is 4.79 Å². The van der Waals surface area contributed by atoms with E-state index in [-0.39, 0.29) is 11.7 Å². The van der Waals surface area contributed by atoms with Crippen molar-refractivity contribution >= 4 is 11.9 Å². The van der Waals surface area contributed by atoms with Crippen LogP contribution in [0.25, 0.3) is 0 Å². The summed E-state index contributed by atoms with van der Waals surface area (Å²) in [7, 11) is 0. The van der Waals surface area contributed by atoms with Crippen LogP contribution in [-0.4, -0.2) is 28.0 Å². The molecular formula is C12H13FN2O3. The molecule has 0 aromatic carbocycles. The summed E-state index contributed by atoms with van der Waals surface area (Å²) in [4.78, 5) is 26.2. The lowest BCUT2D eigenvalue weighted by molar-refractivity contribution is -0.141. The number of hydrogen-bond donors (Lipinski definition) is 2. The predicted molar refractivity (Wildman–Crippen MR) is 60.4 cm³/mol. The monoisotopic (exact) mass is 252 g/mol. The van der Waals surface area contributed by atoms with E-state index in [1.54, 1.807) is 0 Å². The Morgan fingerprint density at radius 2 is 2.17 bits per heavy atom. The third-order valence-electron chi connectivity index (χ3n) is 3.08. The standard InChI is InChI=1S/C12H13FN2O3/c13-8-2-4-10(14-6-8)11(16)15-9-3-1-7(5-9)12(17)18/h2,4,6-7,9H,1,3,5H2,(H,15,16)(H,17,18). The minimum absolute atomic E-state index is 0.134. The molecule has 5 nitrogen and oxygen atoms in total. The number of halogens is 1. The van der Waals surface area contributed by atoms with E-state index in [0.29, 0.717) is 19.3 Å². The molecular weight excluding hydrogens is 239 g/mol. The zero-order valence-electron chi connectivity index (χ0n) is 9.60. The maximum atomic E-state index is 12.6. The number of carboxylic acids is 1. The van der Waals surface area contributed by atoms with Gasteiger partial charge in [-0.1, -0.05) is 0 Å². The van der Waals surface area contributed by atoms with Crippen molar-refractivity contribution in [2.24, 2.45) is 5.92 Å². The number of aromatic nitrogens is 1. The third kappa shape index (κ3) is 2.82. The second kappa shape index (κ2) is 5.12. The lowest BCUT2D eigenvalue weighted by Gasteiger charge is -2.11. The SMILES string of the molecule is O=C(NC1CCC(C(=O)O)C1)c1ccc(F)cn1. The second-order valence-electron chi connectivity index (χ2n) is 4.38. The van der Waals surface area contributed by atoms with Crippen molar-refractivity contribution in [3.8, 4) is 0 Å². The summed E-state index contributed by atoms with van der Waals surface area (Å²) in [6, 6.07) is 2.32. The zero-order valence-corrected chi connectivity index (χ0v) is 9.60. The Labute approximate surface area is 103 Å². The van der Waals surface area contributed by atoms with E-state index in [1.165, 1.54) is 6.07 Å². The molecule has 2 atom stereocenters. The first-order valence-electron chi connectivity index (χ1n) is 5.71. The number of aliphatic carboxylic acids is 1. The highest BCUT2D eigenvalue weighted by atomic mass is 19.1. The van der Waals surface area contributed by atoms with E-state index in [4.69, 9.17) is 5.11 Å². The molecule has 18 heavy (non-hydrogen) atoms. The Bertz CT molecular complexity index is 461. The molecule has 2 unspecified atom stereocenters. The predicted octanol–water partition coefficient (Wildman–Crippen LogP) is 1.20. The molecule has 1 saturated carbocycles. The normalized spacial score (nSPS) is 22.7. The highest BCUT2D eigenvalue weighted by Gasteiger charge is 2.30. The van der Waals surface area contributed by atoms with Crippen molar-refractivity contribution in [1.29, 1.82) is 0 Å². The van der Waals surface area contributed by atoms with Crippen molar-refractivity contribution in [1.82, 2.24) is 10.3 Å². The van der Waals surface area contributed by atoms with Gasteiger partial charge >= 0.3 is 5.97 Å². The van der Waals surface area contributed by atoms with Crippen LogP contribution in [0.2, 0.25) is 0 Å². The van der Waals surface area contributed by atoms with Crippen LogP contribution < -0.4 is 5.32 Å². The van der Waals surface area contributed by atoms with Gasteiger partial charge in [-0.15, -0.1) is 0 Å². The largest absolute Gasteiger partial charge is 0.481 e. The molecule has 1 heterocycles. The lowest BCUT2D eigenvalue weighted by Crippen LogP contribution is -2.33. The fourth-order valence-corrected chi connectivity index (χ4v) is 2.11. The highest BCUT2D eigenvalue weighted by Crippen LogP contribution is 2.25. The minimum atomic E-state index is -0.827. The molecule has 0 saturated heterocycles. The van der Waals surface area contributed by atoms with Crippen LogP contribution in [0.1, 0.15) is 29.8 Å². The topological polar surface area (TPSA) is 79.3 Å². The van der Waals surface area contributed by atoms with Gasteiger partial charge in [0.1, 0.15) is 11.5 Å². The number of rotatable bonds is 3. The Morgan fingerprint density at radius 3 is 2.72 bits per heavy atom. The summed E-state index contributed by atoms with van der Waals surface area (Å²) in [6.45, 7) is 0. The fraction of sp³-hybridized carbons (Fsp3) is 0.417. The van der Waals surface area contributed by atoms with Gasteiger partial charge in [0.05, 0.1) is 12.1 Å². The summed E-state index contributed by atoms with van der Waals surface area (Å²) in [5.74, 6) is -2.12. The van der Waals surface area contributed by atoms with Crippen LogP contribution in [0.15, 0.2) is 18.3 Å². The zero-order chi connectivity index (χ0) is 13.1. The van der Waals surface area contributed by atoms with Gasteiger partial charge in [-0.3, -0.25) is 9.59 Å². The van der Waals surface area contributed by atoms with Crippen LogP contribution in [0.3, 0.4) is 0 Å². The number of carbonyl (C=O) groups excluding carboxylic acids is 1. The van der Waals surface area contributed by atoms with E-state index in [0.717, 1.165) is 12.3 Å². The van der Waals surface area contributed by atoms with Crippen LogP contribution in [0, 0.1) is 11.7 Å². The highest BCUT2D eigenvalue weighted by molar-refractivity contribution is 5.92. The molecule has 2 N–H and O–H groups in total. The Hall–Kier alpha value is -1.98. The van der Waals surface area contributed by atoms with E-state index in [2.05, 4.69) is 10.3 Å². The maximum absolute atomic E-state index is 12.6. The van der Waals surface area contributed by atoms with E-state index < -0.39 is 23.6 Å². The first-order chi connectivity index (χ1) is 8.56. The van der Waals surface area contributed by atoms with E-state index in [9.17, 15) is 14.0 Å². The molecule has 0 aliphatic heterocycles. The van der Waals surface area contributed by atoms with Crippen LogP contribution >= 0.6 is 0 Å². The molecule has 2 rings (SSSR count). The maximum Gasteiger partial charge on any atom is 0.306 e. The third-order valence-corrected chi connectivity index (χ3v) is 3.08. The molecule has 1 aliphatic rings. The first kappa shape index (κ1) is 12.5. The number of hydrogen-bond acceptors (Lipinski definition) is 3. The molecule has 1 amide bonds. The lowest BCUT2D eigenvalue weighted by atomic mass is 10.1. The average Bonchev–Trinajstić information content (AvgIpc) is 2.78. The Kier molecular flexibility index (Phi) is 3.55. The summed E-state index contributed by atoms with van der Waals surface area (Å²) in [5, 5.41) is 11.6. The molecule has 1 fully saturated rings. The summed E-state index contributed by atoms with van der Waals surface area (Å²) < 4.78 is 12.6. The van der Waals surface area contributed by atoms with Crippen molar-refractivity contribution in [2.45, 2.75) is 25.3 Å². The molecule has 1 aromatic rings. The molecule has 6 heteroatoms. The number of nitrogens with zero attached hydrogens (tertiary/aromatic N) is 1. The molecule has 96 valence electrons. The molecule has 0 radical (unpaired) electrons. The van der Waals surface area contributed by atoms with Gasteiger partial charge in [-0.25, -0.2) is 9.37 Å². The molecule has 1 aliphatic carbocycles. The van der Waals surface area contributed by atoms with Gasteiger partial charge in [0.25, 0.3) is 5.91 Å². The first-order valence-corrected chi connectivity index (χ1v) is 5.71. The van der Waals surface area contributed by atoms with Gasteiger partial charge in [-0.05, 0) is 31.4 Å². The van der Waals surface area contributed by atoms with Crippen molar-refractivity contribution < 1.29 is 19.1 Å². The number of amides is 1.